The first kappa shape index (κ1) is 19.6. The summed E-state index contributed by atoms with van der Waals surface area (Å²) in [5.74, 6) is 0.0167. The molecule has 2 aromatic rings. The number of H-pyrrole nitrogens is 1. The molecule has 0 bridgehead atoms. The second kappa shape index (κ2) is 7.43. The minimum atomic E-state index is -3.41. The molecule has 1 aliphatic rings. The van der Waals surface area contributed by atoms with Crippen molar-refractivity contribution in [2.45, 2.75) is 31.3 Å². The van der Waals surface area contributed by atoms with Crippen LogP contribution in [0.15, 0.2) is 23.1 Å². The molecule has 27 heavy (non-hydrogen) atoms. The maximum atomic E-state index is 12.6. The summed E-state index contributed by atoms with van der Waals surface area (Å²) in [7, 11) is -3.41. The smallest absolute Gasteiger partial charge is 0.410 e. The zero-order valence-electron chi connectivity index (χ0n) is 15.8. The monoisotopic (exact) mass is 395 g/mol. The number of piperazine rings is 1. The molecular formula is C17H25N5O4S. The van der Waals surface area contributed by atoms with Gasteiger partial charge in [-0.05, 0) is 39.0 Å². The third-order valence-corrected chi connectivity index (χ3v) is 6.04. The zero-order chi connectivity index (χ0) is 19.7. The van der Waals surface area contributed by atoms with E-state index >= 15 is 0 Å². The number of rotatable bonds is 4. The molecule has 10 heteroatoms. The number of hydrogen-bond acceptors (Lipinski definition) is 7. The Morgan fingerprint density at radius 3 is 2.48 bits per heavy atom. The molecule has 1 aromatic heterocycles. The quantitative estimate of drug-likeness (QED) is 0.831. The predicted octanol–water partition coefficient (Wildman–Crippen LogP) is 1.28. The van der Waals surface area contributed by atoms with Gasteiger partial charge in [-0.2, -0.15) is 15.4 Å². The van der Waals surface area contributed by atoms with E-state index in [-0.39, 0.29) is 16.7 Å². The highest BCUT2D eigenvalue weighted by molar-refractivity contribution is 7.91. The van der Waals surface area contributed by atoms with Crippen LogP contribution in [0, 0.1) is 0 Å². The summed E-state index contributed by atoms with van der Waals surface area (Å²) in [5, 5.41) is 10.3. The van der Waals surface area contributed by atoms with Crippen molar-refractivity contribution >= 4 is 27.0 Å². The summed E-state index contributed by atoms with van der Waals surface area (Å²) < 4.78 is 30.6. The van der Waals surface area contributed by atoms with Crippen molar-refractivity contribution in [1.29, 1.82) is 0 Å². The first-order chi connectivity index (χ1) is 12.6. The first-order valence-electron chi connectivity index (χ1n) is 8.88. The molecule has 0 aliphatic carbocycles. The van der Waals surface area contributed by atoms with Crippen LogP contribution in [-0.4, -0.2) is 83.8 Å². The van der Waals surface area contributed by atoms with Crippen LogP contribution in [0.3, 0.4) is 0 Å². The standard InChI is InChI=1S/C17H25N5O4S/c1-17(2,3)26-16(23)22-8-6-21(7-9-22)10-11-27(24,25)13-4-5-14-15(12-13)19-20-18-14/h4-5,12H,6-11H2,1-3H3,(H,18,19,20). The molecule has 0 spiro atoms. The minimum absolute atomic E-state index is 0.0167. The van der Waals surface area contributed by atoms with Crippen molar-refractivity contribution in [2.75, 3.05) is 38.5 Å². The summed E-state index contributed by atoms with van der Waals surface area (Å²) in [5.41, 5.74) is 0.641. The van der Waals surface area contributed by atoms with Gasteiger partial charge in [0.1, 0.15) is 16.6 Å². The molecule has 0 radical (unpaired) electrons. The number of amides is 1. The van der Waals surface area contributed by atoms with Gasteiger partial charge in [-0.1, -0.05) is 0 Å². The Morgan fingerprint density at radius 1 is 1.15 bits per heavy atom. The van der Waals surface area contributed by atoms with E-state index in [0.717, 1.165) is 0 Å². The summed E-state index contributed by atoms with van der Waals surface area (Å²) in [6, 6.07) is 4.74. The molecule has 2 heterocycles. The van der Waals surface area contributed by atoms with E-state index < -0.39 is 15.4 Å². The lowest BCUT2D eigenvalue weighted by molar-refractivity contribution is 0.0150. The fraction of sp³-hybridized carbons (Fsp3) is 0.588. The molecule has 0 saturated carbocycles. The van der Waals surface area contributed by atoms with E-state index in [1.54, 1.807) is 17.0 Å². The van der Waals surface area contributed by atoms with Crippen LogP contribution in [0.4, 0.5) is 4.79 Å². The van der Waals surface area contributed by atoms with Gasteiger partial charge in [-0.25, -0.2) is 13.2 Å². The van der Waals surface area contributed by atoms with Crippen molar-refractivity contribution in [3.8, 4) is 0 Å². The largest absolute Gasteiger partial charge is 0.444 e. The Labute approximate surface area is 158 Å². The summed E-state index contributed by atoms with van der Waals surface area (Å²) in [6.45, 7) is 8.22. The number of nitrogens with one attached hydrogen (secondary N) is 1. The second-order valence-electron chi connectivity index (χ2n) is 7.60. The molecule has 1 aliphatic heterocycles. The van der Waals surface area contributed by atoms with Gasteiger partial charge in [0.2, 0.25) is 0 Å². The summed E-state index contributed by atoms with van der Waals surface area (Å²) >= 11 is 0. The van der Waals surface area contributed by atoms with Crippen LogP contribution in [0.5, 0.6) is 0 Å². The van der Waals surface area contributed by atoms with Crippen LogP contribution < -0.4 is 0 Å². The third kappa shape index (κ3) is 4.95. The number of ether oxygens (including phenoxy) is 1. The van der Waals surface area contributed by atoms with Crippen molar-refractivity contribution in [1.82, 2.24) is 25.2 Å². The number of hydrogen-bond donors (Lipinski definition) is 1. The number of fused-ring (bicyclic) bond motifs is 1. The van der Waals surface area contributed by atoms with E-state index in [4.69, 9.17) is 4.74 Å². The first-order valence-corrected chi connectivity index (χ1v) is 10.5. The van der Waals surface area contributed by atoms with Crippen LogP contribution in [0.1, 0.15) is 20.8 Å². The van der Waals surface area contributed by atoms with Crippen molar-refractivity contribution < 1.29 is 17.9 Å². The molecule has 148 valence electrons. The van der Waals surface area contributed by atoms with Gasteiger partial charge in [0.25, 0.3) is 0 Å². The molecule has 1 aromatic carbocycles. The van der Waals surface area contributed by atoms with E-state index in [2.05, 4.69) is 15.4 Å². The lowest BCUT2D eigenvalue weighted by Crippen LogP contribution is -2.50. The van der Waals surface area contributed by atoms with Gasteiger partial charge >= 0.3 is 6.09 Å². The van der Waals surface area contributed by atoms with Gasteiger partial charge in [-0.15, -0.1) is 0 Å². The maximum absolute atomic E-state index is 12.6. The number of carbonyl (C=O) groups excluding carboxylic acids is 1. The third-order valence-electron chi connectivity index (χ3n) is 4.35. The maximum Gasteiger partial charge on any atom is 0.410 e. The lowest BCUT2D eigenvalue weighted by atomic mass is 10.2. The van der Waals surface area contributed by atoms with E-state index in [0.29, 0.717) is 43.8 Å². The average Bonchev–Trinajstić information content (AvgIpc) is 3.07. The van der Waals surface area contributed by atoms with Gasteiger partial charge in [0.15, 0.2) is 9.84 Å². The number of aromatic nitrogens is 3. The molecular weight excluding hydrogens is 370 g/mol. The van der Waals surface area contributed by atoms with E-state index in [1.807, 2.05) is 25.7 Å². The fourth-order valence-electron chi connectivity index (χ4n) is 2.86. The Hall–Kier alpha value is -2.20. The Balaban J connectivity index is 1.52. The van der Waals surface area contributed by atoms with Gasteiger partial charge in [0, 0.05) is 32.7 Å². The molecule has 1 saturated heterocycles. The highest BCUT2D eigenvalue weighted by atomic mass is 32.2. The van der Waals surface area contributed by atoms with Crippen molar-refractivity contribution in [2.24, 2.45) is 0 Å². The predicted molar refractivity (Wildman–Crippen MR) is 100 cm³/mol. The molecule has 9 nitrogen and oxygen atoms in total. The lowest BCUT2D eigenvalue weighted by Gasteiger charge is -2.35. The molecule has 0 atom stereocenters. The van der Waals surface area contributed by atoms with Gasteiger partial charge < -0.3 is 9.64 Å². The van der Waals surface area contributed by atoms with Crippen molar-refractivity contribution in [3.63, 3.8) is 0 Å². The molecule has 1 amide bonds. The Kier molecular flexibility index (Phi) is 5.38. The highest BCUT2D eigenvalue weighted by Gasteiger charge is 2.26. The topological polar surface area (TPSA) is 108 Å². The molecule has 1 fully saturated rings. The van der Waals surface area contributed by atoms with Crippen LogP contribution in [0.25, 0.3) is 11.0 Å². The van der Waals surface area contributed by atoms with E-state index in [1.165, 1.54) is 6.07 Å². The summed E-state index contributed by atoms with van der Waals surface area (Å²) in [6.07, 6.45) is -0.323. The van der Waals surface area contributed by atoms with Crippen LogP contribution in [0.2, 0.25) is 0 Å². The number of sulfone groups is 1. The minimum Gasteiger partial charge on any atom is -0.444 e. The zero-order valence-corrected chi connectivity index (χ0v) is 16.6. The number of benzene rings is 1. The van der Waals surface area contributed by atoms with Gasteiger partial charge in [0.05, 0.1) is 10.6 Å². The number of carbonyl (C=O) groups is 1. The Bertz CT molecular complexity index is 911. The fourth-order valence-corrected chi connectivity index (χ4v) is 4.16. The Morgan fingerprint density at radius 2 is 1.81 bits per heavy atom. The number of aromatic amines is 1. The van der Waals surface area contributed by atoms with Gasteiger partial charge in [-0.3, -0.25) is 4.90 Å². The normalized spacial score (nSPS) is 16.6. The highest BCUT2D eigenvalue weighted by Crippen LogP contribution is 2.17. The average molecular weight is 395 g/mol. The van der Waals surface area contributed by atoms with E-state index in [9.17, 15) is 13.2 Å². The SMILES string of the molecule is CC(C)(C)OC(=O)N1CCN(CCS(=O)(=O)c2ccc3n[nH]nc3c2)CC1. The summed E-state index contributed by atoms with van der Waals surface area (Å²) in [4.78, 5) is 16.0. The molecule has 1 N–H and O–H groups in total. The van der Waals surface area contributed by atoms with Crippen LogP contribution in [-0.2, 0) is 14.6 Å². The van der Waals surface area contributed by atoms with Crippen molar-refractivity contribution in [3.05, 3.63) is 18.2 Å². The molecule has 0 unspecified atom stereocenters. The second-order valence-corrected chi connectivity index (χ2v) is 9.71. The molecule has 3 rings (SSSR count). The van der Waals surface area contributed by atoms with Crippen LogP contribution >= 0.6 is 0 Å². The number of nitrogens with zero attached hydrogens (tertiary/aromatic N) is 4.